The third kappa shape index (κ3) is 3.91. The van der Waals surface area contributed by atoms with E-state index in [1.165, 1.54) is 6.08 Å². The molecule has 0 unspecified atom stereocenters. The minimum Gasteiger partial charge on any atom is -0.385 e. The first-order valence-corrected chi connectivity index (χ1v) is 9.42. The van der Waals surface area contributed by atoms with Crippen molar-refractivity contribution in [3.63, 3.8) is 0 Å². The zero-order valence-corrected chi connectivity index (χ0v) is 16.7. The first kappa shape index (κ1) is 20.0. The highest BCUT2D eigenvalue weighted by molar-refractivity contribution is 6.05. The number of aromatic nitrogens is 3. The fourth-order valence-corrected chi connectivity index (χ4v) is 3.63. The number of methoxy groups -OCH3 is 1. The van der Waals surface area contributed by atoms with Crippen LogP contribution in [0.3, 0.4) is 0 Å². The molecular weight excluding hydrogens is 358 g/mol. The third-order valence-corrected chi connectivity index (χ3v) is 5.09. The van der Waals surface area contributed by atoms with Gasteiger partial charge in [0.05, 0.1) is 17.3 Å². The maximum Gasteiger partial charge on any atom is 0.246 e. The Balaban J connectivity index is 1.82. The normalized spacial score (nSPS) is 16.4. The quantitative estimate of drug-likeness (QED) is 0.446. The van der Waals surface area contributed by atoms with Crippen LogP contribution in [0.1, 0.15) is 37.0 Å². The molecule has 1 N–H and O–H groups in total. The minimum absolute atomic E-state index is 0.0245. The van der Waals surface area contributed by atoms with Crippen LogP contribution in [0.5, 0.6) is 0 Å². The molecule has 0 saturated carbocycles. The van der Waals surface area contributed by atoms with E-state index in [9.17, 15) is 9.59 Å². The van der Waals surface area contributed by atoms with Crippen molar-refractivity contribution in [1.29, 1.82) is 0 Å². The Kier molecular flexibility index (Phi) is 5.79. The number of Topliss-reactive ketones (excluding diaryl/α,β-unsaturated/α-hetero) is 1. The lowest BCUT2D eigenvalue weighted by Crippen LogP contribution is -2.61. The highest BCUT2D eigenvalue weighted by atomic mass is 16.5. The monoisotopic (exact) mass is 385 g/mol. The molecule has 0 aliphatic carbocycles. The summed E-state index contributed by atoms with van der Waals surface area (Å²) in [7, 11) is 1.62. The molecule has 3 heterocycles. The Labute approximate surface area is 164 Å². The number of amides is 1. The van der Waals surface area contributed by atoms with Crippen molar-refractivity contribution in [2.45, 2.75) is 32.2 Å². The molecule has 1 aliphatic rings. The van der Waals surface area contributed by atoms with Crippen LogP contribution >= 0.6 is 0 Å². The molecule has 8 heteroatoms. The Morgan fingerprint density at radius 1 is 1.39 bits per heavy atom. The summed E-state index contributed by atoms with van der Waals surface area (Å²) >= 11 is 0. The van der Waals surface area contributed by atoms with Crippen molar-refractivity contribution in [2.75, 3.05) is 38.3 Å². The Morgan fingerprint density at radius 3 is 2.86 bits per heavy atom. The molecule has 28 heavy (non-hydrogen) atoms. The number of aromatic amines is 1. The smallest absolute Gasteiger partial charge is 0.246 e. The van der Waals surface area contributed by atoms with Gasteiger partial charge in [0, 0.05) is 46.0 Å². The number of H-pyrrole nitrogens is 1. The van der Waals surface area contributed by atoms with Gasteiger partial charge in [0.1, 0.15) is 11.3 Å². The maximum atomic E-state index is 12.5. The van der Waals surface area contributed by atoms with E-state index in [-0.39, 0.29) is 17.2 Å². The van der Waals surface area contributed by atoms with E-state index in [1.54, 1.807) is 19.5 Å². The molecule has 0 radical (unpaired) electrons. The van der Waals surface area contributed by atoms with Crippen LogP contribution in [-0.2, 0) is 9.53 Å². The van der Waals surface area contributed by atoms with Crippen LogP contribution in [0.2, 0.25) is 0 Å². The number of hydrogen-bond donors (Lipinski definition) is 1. The predicted octanol–water partition coefficient (Wildman–Crippen LogP) is 2.18. The molecule has 3 rings (SSSR count). The number of ether oxygens (including phenoxy) is 1. The van der Waals surface area contributed by atoms with Crippen molar-refractivity contribution < 1.29 is 14.3 Å². The lowest BCUT2D eigenvalue weighted by Gasteiger charge is -2.47. The highest BCUT2D eigenvalue weighted by Gasteiger charge is 2.36. The van der Waals surface area contributed by atoms with E-state index in [2.05, 4.69) is 21.4 Å². The summed E-state index contributed by atoms with van der Waals surface area (Å²) in [4.78, 5) is 40.7. The molecular formula is C20H27N5O3. The van der Waals surface area contributed by atoms with Crippen molar-refractivity contribution in [3.05, 3.63) is 30.6 Å². The van der Waals surface area contributed by atoms with Crippen LogP contribution < -0.4 is 4.90 Å². The second kappa shape index (κ2) is 8.10. The number of fused-ring (bicyclic) bond motifs is 1. The Bertz CT molecular complexity index is 889. The van der Waals surface area contributed by atoms with Crippen LogP contribution in [0, 0.1) is 0 Å². The summed E-state index contributed by atoms with van der Waals surface area (Å²) in [5.41, 5.74) is 1.37. The summed E-state index contributed by atoms with van der Waals surface area (Å²) < 4.78 is 5.02. The van der Waals surface area contributed by atoms with Crippen molar-refractivity contribution in [2.24, 2.45) is 0 Å². The average Bonchev–Trinajstić information content (AvgIpc) is 3.10. The van der Waals surface area contributed by atoms with Gasteiger partial charge < -0.3 is 19.5 Å². The number of carbonyl (C=O) groups is 2. The van der Waals surface area contributed by atoms with E-state index >= 15 is 0 Å². The van der Waals surface area contributed by atoms with Gasteiger partial charge in [-0.2, -0.15) is 0 Å². The Hall–Kier alpha value is -2.74. The SMILES string of the molecule is C=CC(=O)N1CCN(c2cnc3[nH]cc(C(=O)CCCOC)c3n2)CC1(C)C. The van der Waals surface area contributed by atoms with Gasteiger partial charge in [0.2, 0.25) is 5.91 Å². The second-order valence-corrected chi connectivity index (χ2v) is 7.58. The van der Waals surface area contributed by atoms with Gasteiger partial charge in [-0.3, -0.25) is 9.59 Å². The number of hydrogen-bond acceptors (Lipinski definition) is 6. The van der Waals surface area contributed by atoms with Crippen LogP contribution in [0.4, 0.5) is 5.82 Å². The molecule has 1 amide bonds. The maximum absolute atomic E-state index is 12.5. The number of piperazine rings is 1. The fourth-order valence-electron chi connectivity index (χ4n) is 3.63. The third-order valence-electron chi connectivity index (χ3n) is 5.09. The van der Waals surface area contributed by atoms with E-state index in [0.29, 0.717) is 61.6 Å². The largest absolute Gasteiger partial charge is 0.385 e. The number of nitrogens with zero attached hydrogens (tertiary/aromatic N) is 4. The van der Waals surface area contributed by atoms with Gasteiger partial charge in [-0.05, 0) is 26.3 Å². The highest BCUT2D eigenvalue weighted by Crippen LogP contribution is 2.26. The second-order valence-electron chi connectivity index (χ2n) is 7.58. The standard InChI is InChI=1S/C20H27N5O3/c1-5-17(27)25-9-8-24(13-20(25,2)3)16-12-22-19-18(23-16)14(11-21-19)15(26)7-6-10-28-4/h5,11-12H,1,6-10,13H2,2-4H3,(H,21,22). The number of anilines is 1. The van der Waals surface area contributed by atoms with Gasteiger partial charge in [0.15, 0.2) is 11.4 Å². The number of carbonyl (C=O) groups excluding carboxylic acids is 2. The van der Waals surface area contributed by atoms with E-state index in [4.69, 9.17) is 9.72 Å². The van der Waals surface area contributed by atoms with Crippen molar-refractivity contribution >= 4 is 28.7 Å². The number of rotatable bonds is 7. The lowest BCUT2D eigenvalue weighted by molar-refractivity contribution is -0.131. The number of ketones is 1. The zero-order chi connectivity index (χ0) is 20.3. The summed E-state index contributed by atoms with van der Waals surface area (Å²) in [6.45, 7) is 10.0. The molecule has 0 atom stereocenters. The molecule has 0 aromatic carbocycles. The summed E-state index contributed by atoms with van der Waals surface area (Å²) in [6, 6.07) is 0. The van der Waals surface area contributed by atoms with Gasteiger partial charge in [-0.25, -0.2) is 9.97 Å². The van der Waals surface area contributed by atoms with Crippen LogP contribution in [-0.4, -0.2) is 70.4 Å². The summed E-state index contributed by atoms with van der Waals surface area (Å²) in [5.74, 6) is 0.661. The van der Waals surface area contributed by atoms with E-state index in [1.807, 2.05) is 18.7 Å². The molecule has 1 saturated heterocycles. The molecule has 2 aromatic heterocycles. The molecule has 0 bridgehead atoms. The minimum atomic E-state index is -0.364. The topological polar surface area (TPSA) is 91.4 Å². The molecule has 1 fully saturated rings. The molecule has 1 aliphatic heterocycles. The van der Waals surface area contributed by atoms with Gasteiger partial charge in [-0.15, -0.1) is 0 Å². The van der Waals surface area contributed by atoms with Crippen molar-refractivity contribution in [1.82, 2.24) is 19.9 Å². The number of nitrogens with one attached hydrogen (secondary N) is 1. The van der Waals surface area contributed by atoms with Gasteiger partial charge >= 0.3 is 0 Å². The molecule has 150 valence electrons. The van der Waals surface area contributed by atoms with Crippen LogP contribution in [0.25, 0.3) is 11.2 Å². The molecule has 0 spiro atoms. The fraction of sp³-hybridized carbons (Fsp3) is 0.500. The zero-order valence-electron chi connectivity index (χ0n) is 16.7. The first-order valence-electron chi connectivity index (χ1n) is 9.42. The Morgan fingerprint density at radius 2 is 2.18 bits per heavy atom. The van der Waals surface area contributed by atoms with Crippen molar-refractivity contribution in [3.8, 4) is 0 Å². The van der Waals surface area contributed by atoms with Gasteiger partial charge in [0.25, 0.3) is 0 Å². The predicted molar refractivity (Wildman–Crippen MR) is 108 cm³/mol. The average molecular weight is 385 g/mol. The molecule has 2 aromatic rings. The van der Waals surface area contributed by atoms with Crippen LogP contribution in [0.15, 0.2) is 25.0 Å². The lowest BCUT2D eigenvalue weighted by atomic mass is 9.98. The van der Waals surface area contributed by atoms with E-state index < -0.39 is 0 Å². The van der Waals surface area contributed by atoms with E-state index in [0.717, 1.165) is 0 Å². The summed E-state index contributed by atoms with van der Waals surface area (Å²) in [6.07, 6.45) is 5.81. The first-order chi connectivity index (χ1) is 13.4. The summed E-state index contributed by atoms with van der Waals surface area (Å²) in [5, 5.41) is 0. The van der Waals surface area contributed by atoms with Gasteiger partial charge in [-0.1, -0.05) is 6.58 Å². The molecule has 8 nitrogen and oxygen atoms in total.